The summed E-state index contributed by atoms with van der Waals surface area (Å²) in [6, 6.07) is 3.26. The number of aromatic nitrogens is 1. The van der Waals surface area contributed by atoms with Crippen LogP contribution in [-0.2, 0) is 0 Å². The molecule has 0 saturated carbocycles. The third kappa shape index (κ3) is 4.02. The molecule has 0 atom stereocenters. The smallest absolute Gasteiger partial charge is 0.269 e. The molecule has 1 aromatic rings. The van der Waals surface area contributed by atoms with E-state index in [0.29, 0.717) is 35.7 Å². The van der Waals surface area contributed by atoms with Crippen LogP contribution in [0.1, 0.15) is 38.2 Å². The monoisotopic (exact) mass is 249 g/mol. The van der Waals surface area contributed by atoms with Crippen molar-refractivity contribution >= 4 is 11.6 Å². The van der Waals surface area contributed by atoms with Crippen molar-refractivity contribution in [3.05, 3.63) is 24.0 Å². The second-order valence-corrected chi connectivity index (χ2v) is 5.34. The summed E-state index contributed by atoms with van der Waals surface area (Å²) >= 11 is 0. The highest BCUT2D eigenvalue weighted by molar-refractivity contribution is 5.92. The van der Waals surface area contributed by atoms with Gasteiger partial charge in [0.25, 0.3) is 5.91 Å². The lowest BCUT2D eigenvalue weighted by atomic mass is 9.85. The second kappa shape index (κ2) is 6.38. The van der Waals surface area contributed by atoms with Crippen molar-refractivity contribution in [1.29, 1.82) is 0 Å². The Balaban J connectivity index is 2.60. The molecule has 100 valence electrons. The number of pyridine rings is 1. The number of hydrogen-bond acceptors (Lipinski definition) is 3. The maximum atomic E-state index is 11.9. The van der Waals surface area contributed by atoms with Gasteiger partial charge in [0.2, 0.25) is 0 Å². The molecule has 0 fully saturated rings. The van der Waals surface area contributed by atoms with E-state index in [4.69, 9.17) is 5.73 Å². The van der Waals surface area contributed by atoms with Crippen molar-refractivity contribution in [3.63, 3.8) is 0 Å². The van der Waals surface area contributed by atoms with Gasteiger partial charge in [-0.15, -0.1) is 0 Å². The van der Waals surface area contributed by atoms with Crippen LogP contribution in [0, 0.1) is 17.8 Å². The Morgan fingerprint density at radius 3 is 2.44 bits per heavy atom. The number of hydrogen-bond donors (Lipinski definition) is 2. The fourth-order valence-corrected chi connectivity index (χ4v) is 2.11. The molecule has 0 unspecified atom stereocenters. The second-order valence-electron chi connectivity index (χ2n) is 5.34. The van der Waals surface area contributed by atoms with Crippen molar-refractivity contribution in [2.24, 2.45) is 17.8 Å². The summed E-state index contributed by atoms with van der Waals surface area (Å²) in [6.07, 6.45) is 1.55. The predicted molar refractivity (Wildman–Crippen MR) is 74.1 cm³/mol. The van der Waals surface area contributed by atoms with Crippen LogP contribution in [0.2, 0.25) is 0 Å². The zero-order valence-electron chi connectivity index (χ0n) is 11.6. The van der Waals surface area contributed by atoms with Gasteiger partial charge in [-0.1, -0.05) is 27.7 Å². The maximum Gasteiger partial charge on any atom is 0.269 e. The molecule has 3 N–H and O–H groups in total. The Bertz CT molecular complexity index is 394. The lowest BCUT2D eigenvalue weighted by Crippen LogP contribution is -2.34. The van der Waals surface area contributed by atoms with Gasteiger partial charge in [0, 0.05) is 18.4 Å². The van der Waals surface area contributed by atoms with E-state index in [1.807, 2.05) is 0 Å². The molecule has 4 nitrogen and oxygen atoms in total. The Labute approximate surface area is 109 Å². The van der Waals surface area contributed by atoms with Gasteiger partial charge in [-0.2, -0.15) is 0 Å². The largest absolute Gasteiger partial charge is 0.399 e. The normalized spacial score (nSPS) is 11.3. The molecule has 1 aromatic heterocycles. The number of carbonyl (C=O) groups is 1. The van der Waals surface area contributed by atoms with E-state index in [1.54, 1.807) is 18.3 Å². The Kier molecular flexibility index (Phi) is 5.13. The van der Waals surface area contributed by atoms with Crippen molar-refractivity contribution < 1.29 is 4.79 Å². The van der Waals surface area contributed by atoms with Gasteiger partial charge in [-0.3, -0.25) is 9.78 Å². The fourth-order valence-electron chi connectivity index (χ4n) is 2.11. The van der Waals surface area contributed by atoms with E-state index in [1.165, 1.54) is 0 Å². The van der Waals surface area contributed by atoms with Gasteiger partial charge < -0.3 is 11.1 Å². The molecule has 0 spiro atoms. The summed E-state index contributed by atoms with van der Waals surface area (Å²) in [5, 5.41) is 2.93. The first-order valence-corrected chi connectivity index (χ1v) is 6.41. The molecule has 18 heavy (non-hydrogen) atoms. The van der Waals surface area contributed by atoms with Gasteiger partial charge in [-0.05, 0) is 29.9 Å². The molecule has 4 heteroatoms. The topological polar surface area (TPSA) is 68.0 Å². The van der Waals surface area contributed by atoms with Crippen LogP contribution in [0.3, 0.4) is 0 Å². The Morgan fingerprint density at radius 1 is 1.33 bits per heavy atom. The third-order valence-electron chi connectivity index (χ3n) is 3.23. The molecule has 0 aliphatic carbocycles. The summed E-state index contributed by atoms with van der Waals surface area (Å²) < 4.78 is 0. The molecule has 0 aliphatic heterocycles. The Morgan fingerprint density at radius 2 is 1.94 bits per heavy atom. The molecular formula is C14H23N3O. The van der Waals surface area contributed by atoms with E-state index in [0.717, 1.165) is 0 Å². The average Bonchev–Trinajstić information content (AvgIpc) is 2.28. The number of nitrogens with zero attached hydrogens (tertiary/aromatic N) is 1. The molecular weight excluding hydrogens is 226 g/mol. The summed E-state index contributed by atoms with van der Waals surface area (Å²) in [4.78, 5) is 15.9. The molecule has 0 bridgehead atoms. The maximum absolute atomic E-state index is 11.9. The average molecular weight is 249 g/mol. The first kappa shape index (κ1) is 14.5. The number of amides is 1. The molecule has 1 amide bonds. The molecule has 0 radical (unpaired) electrons. The zero-order chi connectivity index (χ0) is 13.7. The predicted octanol–water partition coefficient (Wildman–Crippen LogP) is 2.32. The first-order valence-electron chi connectivity index (χ1n) is 6.41. The number of carbonyl (C=O) groups excluding carboxylic acids is 1. The highest BCUT2D eigenvalue weighted by Gasteiger charge is 2.18. The summed E-state index contributed by atoms with van der Waals surface area (Å²) in [6.45, 7) is 9.38. The van der Waals surface area contributed by atoms with Gasteiger partial charge in [0.1, 0.15) is 5.69 Å². The van der Waals surface area contributed by atoms with Crippen molar-refractivity contribution in [1.82, 2.24) is 10.3 Å². The van der Waals surface area contributed by atoms with Crippen molar-refractivity contribution in [2.75, 3.05) is 12.3 Å². The SMILES string of the molecule is CC(C)C(CNC(=O)c1cc(N)ccn1)C(C)C. The number of nitrogens with two attached hydrogens (primary N) is 1. The van der Waals surface area contributed by atoms with E-state index < -0.39 is 0 Å². The van der Waals surface area contributed by atoms with Crippen molar-refractivity contribution in [3.8, 4) is 0 Å². The quantitative estimate of drug-likeness (QED) is 0.841. The van der Waals surface area contributed by atoms with Crippen LogP contribution in [0.15, 0.2) is 18.3 Å². The Hall–Kier alpha value is -1.58. The van der Waals surface area contributed by atoms with Crippen LogP contribution < -0.4 is 11.1 Å². The number of nitrogen functional groups attached to an aromatic ring is 1. The first-order chi connectivity index (χ1) is 8.41. The van der Waals surface area contributed by atoms with Gasteiger partial charge >= 0.3 is 0 Å². The van der Waals surface area contributed by atoms with Crippen LogP contribution in [0.25, 0.3) is 0 Å². The molecule has 0 saturated heterocycles. The van der Waals surface area contributed by atoms with E-state index in [-0.39, 0.29) is 5.91 Å². The molecule has 1 rings (SSSR count). The molecule has 0 aliphatic rings. The minimum Gasteiger partial charge on any atom is -0.399 e. The third-order valence-corrected chi connectivity index (χ3v) is 3.23. The highest BCUT2D eigenvalue weighted by Crippen LogP contribution is 2.19. The molecule has 0 aromatic carbocycles. The number of rotatable bonds is 5. The minimum absolute atomic E-state index is 0.159. The van der Waals surface area contributed by atoms with Gasteiger partial charge in [0.05, 0.1) is 0 Å². The van der Waals surface area contributed by atoms with Gasteiger partial charge in [-0.25, -0.2) is 0 Å². The number of nitrogens with one attached hydrogen (secondary N) is 1. The van der Waals surface area contributed by atoms with Crippen LogP contribution in [-0.4, -0.2) is 17.4 Å². The van der Waals surface area contributed by atoms with Crippen LogP contribution >= 0.6 is 0 Å². The van der Waals surface area contributed by atoms with E-state index in [9.17, 15) is 4.79 Å². The van der Waals surface area contributed by atoms with Crippen LogP contribution in [0.4, 0.5) is 5.69 Å². The lowest BCUT2D eigenvalue weighted by Gasteiger charge is -2.24. The van der Waals surface area contributed by atoms with Crippen molar-refractivity contribution in [2.45, 2.75) is 27.7 Å². The highest BCUT2D eigenvalue weighted by atomic mass is 16.1. The van der Waals surface area contributed by atoms with E-state index in [2.05, 4.69) is 38.0 Å². The fraction of sp³-hybridized carbons (Fsp3) is 0.571. The van der Waals surface area contributed by atoms with E-state index >= 15 is 0 Å². The minimum atomic E-state index is -0.159. The van der Waals surface area contributed by atoms with Crippen LogP contribution in [0.5, 0.6) is 0 Å². The lowest BCUT2D eigenvalue weighted by molar-refractivity contribution is 0.0932. The number of anilines is 1. The summed E-state index contributed by atoms with van der Waals surface area (Å²) in [5.74, 6) is 1.39. The summed E-state index contributed by atoms with van der Waals surface area (Å²) in [5.41, 5.74) is 6.56. The summed E-state index contributed by atoms with van der Waals surface area (Å²) in [7, 11) is 0. The van der Waals surface area contributed by atoms with Gasteiger partial charge in [0.15, 0.2) is 0 Å². The zero-order valence-corrected chi connectivity index (χ0v) is 11.6. The standard InChI is InChI=1S/C14H23N3O/c1-9(2)12(10(3)4)8-17-14(18)13-7-11(15)5-6-16-13/h5-7,9-10,12H,8H2,1-4H3,(H2,15,16)(H,17,18). The molecule has 1 heterocycles.